The normalized spacial score (nSPS) is 20.9. The molecule has 4 nitrogen and oxygen atoms in total. The molecule has 0 radical (unpaired) electrons. The number of carbonyl (C=O) groups is 1. The van der Waals surface area contributed by atoms with Crippen LogP contribution in [0.3, 0.4) is 0 Å². The molecule has 0 aromatic carbocycles. The van der Waals surface area contributed by atoms with Gasteiger partial charge in [-0.25, -0.2) is 4.79 Å². The van der Waals surface area contributed by atoms with Crippen molar-refractivity contribution in [1.29, 1.82) is 0 Å². The van der Waals surface area contributed by atoms with Crippen molar-refractivity contribution in [2.45, 2.75) is 33.1 Å². The van der Waals surface area contributed by atoms with E-state index in [0.717, 1.165) is 39.0 Å². The van der Waals surface area contributed by atoms with Gasteiger partial charge in [0, 0.05) is 19.6 Å². The fraction of sp³-hybridized carbons (Fsp3) is 0.917. The number of amides is 1. The smallest absolute Gasteiger partial charge is 0.409 e. The van der Waals surface area contributed by atoms with Crippen molar-refractivity contribution in [3.63, 3.8) is 0 Å². The van der Waals surface area contributed by atoms with Crippen LogP contribution < -0.4 is 5.32 Å². The molecular formula is C12H24N2O2. The number of ether oxygens (including phenoxy) is 1. The lowest BCUT2D eigenvalue weighted by Gasteiger charge is -2.30. The molecule has 1 fully saturated rings. The van der Waals surface area contributed by atoms with Crippen molar-refractivity contribution in [3.05, 3.63) is 0 Å². The highest BCUT2D eigenvalue weighted by Crippen LogP contribution is 2.15. The highest BCUT2D eigenvalue weighted by atomic mass is 16.6. The summed E-state index contributed by atoms with van der Waals surface area (Å²) in [5.74, 6) is 0.611. The molecule has 1 aliphatic heterocycles. The summed E-state index contributed by atoms with van der Waals surface area (Å²) in [5.41, 5.74) is 0. The molecule has 0 aromatic rings. The van der Waals surface area contributed by atoms with Crippen LogP contribution in [-0.2, 0) is 4.74 Å². The van der Waals surface area contributed by atoms with E-state index in [1.54, 1.807) is 0 Å². The lowest BCUT2D eigenvalue weighted by Crippen LogP contribution is -2.40. The van der Waals surface area contributed by atoms with E-state index in [4.69, 9.17) is 4.74 Å². The molecule has 1 saturated heterocycles. The maximum Gasteiger partial charge on any atom is 0.409 e. The van der Waals surface area contributed by atoms with Crippen molar-refractivity contribution in [3.8, 4) is 0 Å². The van der Waals surface area contributed by atoms with E-state index in [-0.39, 0.29) is 6.09 Å². The summed E-state index contributed by atoms with van der Waals surface area (Å²) >= 11 is 0. The van der Waals surface area contributed by atoms with Gasteiger partial charge >= 0.3 is 6.09 Å². The Hall–Kier alpha value is -0.770. The Morgan fingerprint density at radius 3 is 3.00 bits per heavy atom. The van der Waals surface area contributed by atoms with Crippen LogP contribution in [0.1, 0.15) is 33.1 Å². The molecule has 94 valence electrons. The first-order valence-corrected chi connectivity index (χ1v) is 6.36. The van der Waals surface area contributed by atoms with Crippen LogP contribution in [0.15, 0.2) is 0 Å². The average Bonchev–Trinajstić information content (AvgIpc) is 2.28. The summed E-state index contributed by atoms with van der Waals surface area (Å²) in [7, 11) is 0. The zero-order valence-corrected chi connectivity index (χ0v) is 10.5. The lowest BCUT2D eigenvalue weighted by atomic mass is 10.0. The predicted octanol–water partition coefficient (Wildman–Crippen LogP) is 1.85. The molecule has 1 heterocycles. The van der Waals surface area contributed by atoms with Gasteiger partial charge < -0.3 is 15.0 Å². The molecule has 0 bridgehead atoms. The molecule has 0 saturated carbocycles. The fourth-order valence-corrected chi connectivity index (χ4v) is 1.96. The third-order valence-electron chi connectivity index (χ3n) is 2.85. The van der Waals surface area contributed by atoms with Crippen LogP contribution in [0.4, 0.5) is 4.79 Å². The number of piperidine rings is 1. The molecule has 1 rings (SSSR count). The minimum atomic E-state index is -0.148. The van der Waals surface area contributed by atoms with Crippen LogP contribution >= 0.6 is 0 Å². The number of nitrogens with zero attached hydrogens (tertiary/aromatic N) is 1. The second kappa shape index (κ2) is 7.49. The number of rotatable bonds is 5. The van der Waals surface area contributed by atoms with Crippen LogP contribution in [-0.4, -0.2) is 43.8 Å². The summed E-state index contributed by atoms with van der Waals surface area (Å²) in [6.07, 6.45) is 3.29. The van der Waals surface area contributed by atoms with E-state index in [1.807, 2.05) is 4.90 Å². The Balaban J connectivity index is 2.09. The highest BCUT2D eigenvalue weighted by Gasteiger charge is 2.21. The highest BCUT2D eigenvalue weighted by molar-refractivity contribution is 5.67. The zero-order valence-electron chi connectivity index (χ0n) is 10.5. The van der Waals surface area contributed by atoms with Gasteiger partial charge in [0.15, 0.2) is 0 Å². The van der Waals surface area contributed by atoms with Crippen LogP contribution in [0.5, 0.6) is 0 Å². The van der Waals surface area contributed by atoms with E-state index in [1.165, 1.54) is 6.42 Å². The Morgan fingerprint density at radius 2 is 2.31 bits per heavy atom. The maximum atomic E-state index is 11.7. The van der Waals surface area contributed by atoms with Gasteiger partial charge in [0.25, 0.3) is 0 Å². The van der Waals surface area contributed by atoms with Crippen LogP contribution in [0, 0.1) is 5.92 Å². The molecule has 0 spiro atoms. The minimum Gasteiger partial charge on any atom is -0.448 e. The van der Waals surface area contributed by atoms with E-state index in [2.05, 4.69) is 19.2 Å². The van der Waals surface area contributed by atoms with Gasteiger partial charge in [0.05, 0.1) is 0 Å². The van der Waals surface area contributed by atoms with Gasteiger partial charge in [-0.3, -0.25) is 0 Å². The average molecular weight is 228 g/mol. The van der Waals surface area contributed by atoms with Gasteiger partial charge in [-0.05, 0) is 31.7 Å². The van der Waals surface area contributed by atoms with E-state index in [0.29, 0.717) is 12.5 Å². The maximum absolute atomic E-state index is 11.7. The van der Waals surface area contributed by atoms with Crippen molar-refractivity contribution in [2.24, 2.45) is 5.92 Å². The van der Waals surface area contributed by atoms with Crippen LogP contribution in [0.2, 0.25) is 0 Å². The number of nitrogens with one attached hydrogen (secondary N) is 1. The Kier molecular flexibility index (Phi) is 6.23. The van der Waals surface area contributed by atoms with Gasteiger partial charge in [0.1, 0.15) is 6.61 Å². The first-order chi connectivity index (χ1) is 7.74. The van der Waals surface area contributed by atoms with Gasteiger partial charge in [-0.1, -0.05) is 13.8 Å². The monoisotopic (exact) mass is 228 g/mol. The third-order valence-corrected chi connectivity index (χ3v) is 2.85. The Bertz CT molecular complexity index is 209. The number of likely N-dealkylation sites (tertiary alicyclic amines) is 1. The standard InChI is InChI=1S/C12H24N2O2/c1-3-6-13-7-9-16-12(15)14-8-4-5-11(2)10-14/h11,13H,3-10H2,1-2H3. The summed E-state index contributed by atoms with van der Waals surface area (Å²) in [6.45, 7) is 8.22. The third kappa shape index (κ3) is 4.84. The first kappa shape index (κ1) is 13.3. The SMILES string of the molecule is CCCNCCOC(=O)N1CCCC(C)C1. The fourth-order valence-electron chi connectivity index (χ4n) is 1.96. The number of hydrogen-bond acceptors (Lipinski definition) is 3. The molecule has 4 heteroatoms. The Labute approximate surface area is 98.3 Å². The van der Waals surface area contributed by atoms with Gasteiger partial charge in [-0.15, -0.1) is 0 Å². The molecule has 1 atom stereocenters. The number of carbonyl (C=O) groups excluding carboxylic acids is 1. The topological polar surface area (TPSA) is 41.6 Å². The first-order valence-electron chi connectivity index (χ1n) is 6.36. The molecule has 0 aromatic heterocycles. The molecule has 1 unspecified atom stereocenters. The molecule has 1 N–H and O–H groups in total. The summed E-state index contributed by atoms with van der Waals surface area (Å²) in [5, 5.41) is 3.21. The quantitative estimate of drug-likeness (QED) is 0.730. The zero-order chi connectivity index (χ0) is 11.8. The largest absolute Gasteiger partial charge is 0.448 e. The predicted molar refractivity (Wildman–Crippen MR) is 64.5 cm³/mol. The molecule has 16 heavy (non-hydrogen) atoms. The number of hydrogen-bond donors (Lipinski definition) is 1. The van der Waals surface area contributed by atoms with Gasteiger partial charge in [-0.2, -0.15) is 0 Å². The molecule has 0 aliphatic carbocycles. The lowest BCUT2D eigenvalue weighted by molar-refractivity contribution is 0.0870. The summed E-state index contributed by atoms with van der Waals surface area (Å²) in [4.78, 5) is 13.5. The summed E-state index contributed by atoms with van der Waals surface area (Å²) in [6, 6.07) is 0. The molecule has 1 amide bonds. The molecule has 1 aliphatic rings. The van der Waals surface area contributed by atoms with Gasteiger partial charge in [0.2, 0.25) is 0 Å². The van der Waals surface area contributed by atoms with E-state index >= 15 is 0 Å². The minimum absolute atomic E-state index is 0.148. The van der Waals surface area contributed by atoms with Crippen molar-refractivity contribution < 1.29 is 9.53 Å². The van der Waals surface area contributed by atoms with E-state index < -0.39 is 0 Å². The second-order valence-electron chi connectivity index (χ2n) is 4.56. The van der Waals surface area contributed by atoms with Crippen LogP contribution in [0.25, 0.3) is 0 Å². The van der Waals surface area contributed by atoms with E-state index in [9.17, 15) is 4.79 Å². The van der Waals surface area contributed by atoms with Crippen molar-refractivity contribution in [2.75, 3.05) is 32.8 Å². The van der Waals surface area contributed by atoms with Crippen molar-refractivity contribution >= 4 is 6.09 Å². The second-order valence-corrected chi connectivity index (χ2v) is 4.56. The molecular weight excluding hydrogens is 204 g/mol. The Morgan fingerprint density at radius 1 is 1.50 bits per heavy atom. The van der Waals surface area contributed by atoms with Crippen molar-refractivity contribution in [1.82, 2.24) is 10.2 Å². The summed E-state index contributed by atoms with van der Waals surface area (Å²) < 4.78 is 5.20.